The first-order chi connectivity index (χ1) is 11.7. The molecule has 1 fully saturated rings. The maximum atomic E-state index is 11.0. The minimum absolute atomic E-state index is 0.275. The van der Waals surface area contributed by atoms with Crippen molar-refractivity contribution < 1.29 is 9.90 Å². The quantitative estimate of drug-likeness (QED) is 0.890. The van der Waals surface area contributed by atoms with Gasteiger partial charge in [-0.15, -0.1) is 0 Å². The van der Waals surface area contributed by atoms with Crippen molar-refractivity contribution in [3.05, 3.63) is 42.1 Å². The minimum Gasteiger partial charge on any atom is -0.481 e. The Morgan fingerprint density at radius 1 is 1.29 bits per heavy atom. The molecule has 122 valence electrons. The molecule has 2 aromatic rings. The maximum Gasteiger partial charge on any atom is 0.306 e. The number of carboxylic acid groups (broad SMARTS) is 1. The SMILES string of the molecule is N#Cc1ccccc1Nc1nccc(N2CCC(C(=O)O)CC2)n1. The molecule has 1 aliphatic rings. The molecular weight excluding hydrogens is 306 g/mol. The van der Waals surface area contributed by atoms with Gasteiger partial charge in [0.25, 0.3) is 0 Å². The van der Waals surface area contributed by atoms with Crippen molar-refractivity contribution >= 4 is 23.4 Å². The van der Waals surface area contributed by atoms with Crippen LogP contribution >= 0.6 is 0 Å². The van der Waals surface area contributed by atoms with Crippen LogP contribution in [0.2, 0.25) is 0 Å². The third kappa shape index (κ3) is 3.43. The molecule has 1 saturated heterocycles. The van der Waals surface area contributed by atoms with Gasteiger partial charge >= 0.3 is 5.97 Å². The first-order valence-corrected chi connectivity index (χ1v) is 7.74. The van der Waals surface area contributed by atoms with Crippen LogP contribution in [-0.2, 0) is 4.79 Å². The molecule has 7 heteroatoms. The Kier molecular flexibility index (Phi) is 4.57. The van der Waals surface area contributed by atoms with Gasteiger partial charge < -0.3 is 15.3 Å². The summed E-state index contributed by atoms with van der Waals surface area (Å²) in [6, 6.07) is 11.1. The van der Waals surface area contributed by atoms with Gasteiger partial charge in [-0.2, -0.15) is 10.2 Å². The smallest absolute Gasteiger partial charge is 0.306 e. The molecule has 0 radical (unpaired) electrons. The molecule has 1 aromatic heterocycles. The number of aliphatic carboxylic acids is 1. The molecule has 0 spiro atoms. The molecule has 1 aliphatic heterocycles. The van der Waals surface area contributed by atoms with Crippen LogP contribution in [0.15, 0.2) is 36.5 Å². The lowest BCUT2D eigenvalue weighted by molar-refractivity contribution is -0.142. The van der Waals surface area contributed by atoms with E-state index in [1.807, 2.05) is 12.1 Å². The molecular formula is C17H17N5O2. The molecule has 2 heterocycles. The summed E-state index contributed by atoms with van der Waals surface area (Å²) in [5.41, 5.74) is 1.18. The fourth-order valence-corrected chi connectivity index (χ4v) is 2.75. The van der Waals surface area contributed by atoms with E-state index >= 15 is 0 Å². The largest absolute Gasteiger partial charge is 0.481 e. The summed E-state index contributed by atoms with van der Waals surface area (Å²) in [4.78, 5) is 21.8. The molecule has 0 atom stereocenters. The van der Waals surface area contributed by atoms with E-state index < -0.39 is 5.97 Å². The highest BCUT2D eigenvalue weighted by atomic mass is 16.4. The van der Waals surface area contributed by atoms with Crippen molar-refractivity contribution in [1.82, 2.24) is 9.97 Å². The van der Waals surface area contributed by atoms with E-state index in [-0.39, 0.29) is 5.92 Å². The number of rotatable bonds is 4. The van der Waals surface area contributed by atoms with Crippen LogP contribution in [0.4, 0.5) is 17.5 Å². The normalized spacial score (nSPS) is 14.9. The summed E-state index contributed by atoms with van der Waals surface area (Å²) in [5.74, 6) is 0.164. The topological polar surface area (TPSA) is 102 Å². The van der Waals surface area contributed by atoms with Gasteiger partial charge in [0.1, 0.15) is 11.9 Å². The Labute approximate surface area is 139 Å². The van der Waals surface area contributed by atoms with Crippen molar-refractivity contribution in [1.29, 1.82) is 5.26 Å². The van der Waals surface area contributed by atoms with Crippen LogP contribution < -0.4 is 10.2 Å². The zero-order valence-electron chi connectivity index (χ0n) is 13.0. The van der Waals surface area contributed by atoms with Gasteiger partial charge in [-0.25, -0.2) is 4.98 Å². The van der Waals surface area contributed by atoms with Crippen molar-refractivity contribution in [3.63, 3.8) is 0 Å². The number of nitriles is 1. The summed E-state index contributed by atoms with van der Waals surface area (Å²) >= 11 is 0. The third-order valence-electron chi connectivity index (χ3n) is 4.10. The highest BCUT2D eigenvalue weighted by Crippen LogP contribution is 2.23. The molecule has 7 nitrogen and oxygen atoms in total. The number of nitrogens with zero attached hydrogens (tertiary/aromatic N) is 4. The maximum absolute atomic E-state index is 11.0. The number of piperidine rings is 1. The second-order valence-electron chi connectivity index (χ2n) is 5.62. The lowest BCUT2D eigenvalue weighted by Crippen LogP contribution is -2.36. The Hall–Kier alpha value is -3.14. The number of aromatic nitrogens is 2. The summed E-state index contributed by atoms with van der Waals surface area (Å²) in [7, 11) is 0. The van der Waals surface area contributed by atoms with Gasteiger partial charge in [-0.05, 0) is 31.0 Å². The summed E-state index contributed by atoms with van der Waals surface area (Å²) < 4.78 is 0. The average molecular weight is 323 g/mol. The van der Waals surface area contributed by atoms with Crippen LogP contribution in [-0.4, -0.2) is 34.1 Å². The predicted octanol–water partition coefficient (Wildman–Crippen LogP) is 2.39. The van der Waals surface area contributed by atoms with Gasteiger partial charge in [0.05, 0.1) is 17.2 Å². The van der Waals surface area contributed by atoms with E-state index in [9.17, 15) is 4.79 Å². The molecule has 0 amide bonds. The molecule has 3 rings (SSSR count). The van der Waals surface area contributed by atoms with Gasteiger partial charge in [0, 0.05) is 19.3 Å². The lowest BCUT2D eigenvalue weighted by Gasteiger charge is -2.31. The zero-order valence-corrected chi connectivity index (χ0v) is 13.0. The second kappa shape index (κ2) is 6.96. The van der Waals surface area contributed by atoms with E-state index in [1.54, 1.807) is 24.4 Å². The van der Waals surface area contributed by atoms with Crippen molar-refractivity contribution in [2.24, 2.45) is 5.92 Å². The summed E-state index contributed by atoms with van der Waals surface area (Å²) in [5, 5.41) is 21.3. The Morgan fingerprint density at radius 2 is 2.04 bits per heavy atom. The molecule has 1 aromatic carbocycles. The van der Waals surface area contributed by atoms with Gasteiger partial charge in [-0.1, -0.05) is 12.1 Å². The monoisotopic (exact) mass is 323 g/mol. The van der Waals surface area contributed by atoms with Gasteiger partial charge in [-0.3, -0.25) is 4.79 Å². The number of carboxylic acids is 1. The number of nitrogens with one attached hydrogen (secondary N) is 1. The van der Waals surface area contributed by atoms with E-state index in [1.165, 1.54) is 0 Å². The van der Waals surface area contributed by atoms with Crippen LogP contribution in [0.25, 0.3) is 0 Å². The summed E-state index contributed by atoms with van der Waals surface area (Å²) in [6.45, 7) is 1.31. The predicted molar refractivity (Wildman–Crippen MR) is 89.0 cm³/mol. The number of hydrogen-bond acceptors (Lipinski definition) is 6. The lowest BCUT2D eigenvalue weighted by atomic mass is 9.97. The highest BCUT2D eigenvalue weighted by molar-refractivity contribution is 5.70. The molecule has 24 heavy (non-hydrogen) atoms. The van der Waals surface area contributed by atoms with E-state index in [0.717, 1.165) is 5.82 Å². The van der Waals surface area contributed by atoms with Crippen molar-refractivity contribution in [2.45, 2.75) is 12.8 Å². The Balaban J connectivity index is 1.73. The first-order valence-electron chi connectivity index (χ1n) is 7.74. The first kappa shape index (κ1) is 15.7. The van der Waals surface area contributed by atoms with Crippen LogP contribution in [0.5, 0.6) is 0 Å². The number of anilines is 3. The second-order valence-corrected chi connectivity index (χ2v) is 5.62. The van der Waals surface area contributed by atoms with E-state index in [4.69, 9.17) is 10.4 Å². The molecule has 0 bridgehead atoms. The van der Waals surface area contributed by atoms with Gasteiger partial charge in [0.15, 0.2) is 0 Å². The fraction of sp³-hybridized carbons (Fsp3) is 0.294. The molecule has 0 unspecified atom stereocenters. The highest BCUT2D eigenvalue weighted by Gasteiger charge is 2.25. The zero-order chi connectivity index (χ0) is 16.9. The van der Waals surface area contributed by atoms with Crippen LogP contribution in [0.1, 0.15) is 18.4 Å². The van der Waals surface area contributed by atoms with Crippen LogP contribution in [0, 0.1) is 17.2 Å². The number of carbonyl (C=O) groups is 1. The van der Waals surface area contributed by atoms with Gasteiger partial charge in [0.2, 0.25) is 5.95 Å². The summed E-state index contributed by atoms with van der Waals surface area (Å²) in [6.07, 6.45) is 2.88. The Morgan fingerprint density at radius 3 is 2.75 bits per heavy atom. The van der Waals surface area contributed by atoms with E-state index in [2.05, 4.69) is 26.3 Å². The number of benzene rings is 1. The number of para-hydroxylation sites is 1. The van der Waals surface area contributed by atoms with E-state index in [0.29, 0.717) is 43.1 Å². The number of hydrogen-bond donors (Lipinski definition) is 2. The molecule has 0 aliphatic carbocycles. The van der Waals surface area contributed by atoms with Crippen molar-refractivity contribution in [3.8, 4) is 6.07 Å². The third-order valence-corrected chi connectivity index (χ3v) is 4.10. The van der Waals surface area contributed by atoms with Crippen molar-refractivity contribution in [2.75, 3.05) is 23.3 Å². The standard InChI is InChI=1S/C17H17N5O2/c18-11-13-3-1-2-4-14(13)20-17-19-8-5-15(21-17)22-9-6-12(7-10-22)16(23)24/h1-5,8,12H,6-7,9-10H2,(H,23,24)(H,19,20,21). The van der Waals surface area contributed by atoms with Crippen LogP contribution in [0.3, 0.4) is 0 Å². The minimum atomic E-state index is -0.729. The molecule has 0 saturated carbocycles. The fourth-order valence-electron chi connectivity index (χ4n) is 2.75. The average Bonchev–Trinajstić information content (AvgIpc) is 2.62. The Bertz CT molecular complexity index is 779. The molecule has 2 N–H and O–H groups in total.